The Kier molecular flexibility index (Phi) is 6.99. The fraction of sp³-hybridized carbons (Fsp3) is 0.941. The first-order valence-corrected chi connectivity index (χ1v) is 8.50. The summed E-state index contributed by atoms with van der Waals surface area (Å²) in [4.78, 5) is 12.3. The zero-order valence-corrected chi connectivity index (χ0v) is 14.7. The molecule has 0 heterocycles. The van der Waals surface area contributed by atoms with E-state index >= 15 is 0 Å². The number of nitrogens with one attached hydrogen (secondary N) is 1. The Labute approximate surface area is 136 Å². The topological polar surface area (TPSA) is 55.1 Å². The highest BCUT2D eigenvalue weighted by Crippen LogP contribution is 2.40. The van der Waals surface area contributed by atoms with Gasteiger partial charge in [0.2, 0.25) is 5.91 Å². The van der Waals surface area contributed by atoms with Crippen molar-refractivity contribution in [3.63, 3.8) is 0 Å². The fourth-order valence-corrected chi connectivity index (χ4v) is 3.93. The van der Waals surface area contributed by atoms with Crippen molar-refractivity contribution in [1.29, 1.82) is 0 Å². The molecular weight excluding hydrogens is 284 g/mol. The van der Waals surface area contributed by atoms with E-state index < -0.39 is 0 Å². The maximum Gasteiger partial charge on any atom is 0.224 e. The molecule has 0 bridgehead atoms. The molecule has 2 unspecified atom stereocenters. The summed E-state index contributed by atoms with van der Waals surface area (Å²) >= 11 is 0. The summed E-state index contributed by atoms with van der Waals surface area (Å²) in [5, 5.41) is 3.26. The van der Waals surface area contributed by atoms with E-state index in [1.807, 2.05) is 0 Å². The van der Waals surface area contributed by atoms with E-state index in [0.29, 0.717) is 11.5 Å². The molecule has 2 aliphatic rings. The molecule has 0 aromatic rings. The Hall–Kier alpha value is -0.280. The van der Waals surface area contributed by atoms with E-state index in [1.165, 1.54) is 19.3 Å². The summed E-state index contributed by atoms with van der Waals surface area (Å²) in [6.45, 7) is 7.05. The van der Waals surface area contributed by atoms with Gasteiger partial charge in [-0.1, -0.05) is 33.6 Å². The van der Waals surface area contributed by atoms with Crippen molar-refractivity contribution in [2.45, 2.75) is 84.2 Å². The summed E-state index contributed by atoms with van der Waals surface area (Å²) in [6.07, 6.45) is 9.12. The van der Waals surface area contributed by atoms with Crippen LogP contribution in [-0.4, -0.2) is 18.0 Å². The van der Waals surface area contributed by atoms with E-state index in [2.05, 4.69) is 26.1 Å². The quantitative estimate of drug-likeness (QED) is 0.832. The van der Waals surface area contributed by atoms with Crippen molar-refractivity contribution < 1.29 is 4.79 Å². The summed E-state index contributed by atoms with van der Waals surface area (Å²) < 4.78 is 0. The highest BCUT2D eigenvalue weighted by molar-refractivity contribution is 5.85. The molecular formula is C17H33ClN2O. The monoisotopic (exact) mass is 316 g/mol. The lowest BCUT2D eigenvalue weighted by molar-refractivity contribution is -0.126. The number of hydrogen-bond donors (Lipinski definition) is 2. The minimum atomic E-state index is 0. The van der Waals surface area contributed by atoms with Crippen LogP contribution in [0.4, 0.5) is 0 Å². The van der Waals surface area contributed by atoms with Gasteiger partial charge >= 0.3 is 0 Å². The molecule has 0 spiro atoms. The number of carbonyl (C=O) groups is 1. The van der Waals surface area contributed by atoms with Crippen molar-refractivity contribution in [2.75, 3.05) is 0 Å². The smallest absolute Gasteiger partial charge is 0.224 e. The van der Waals surface area contributed by atoms with E-state index in [9.17, 15) is 4.79 Å². The van der Waals surface area contributed by atoms with Crippen LogP contribution in [0.15, 0.2) is 0 Å². The van der Waals surface area contributed by atoms with Crippen molar-refractivity contribution in [1.82, 2.24) is 5.32 Å². The van der Waals surface area contributed by atoms with Crippen LogP contribution in [0.3, 0.4) is 0 Å². The van der Waals surface area contributed by atoms with Crippen LogP contribution in [0.25, 0.3) is 0 Å². The molecule has 0 aromatic carbocycles. The van der Waals surface area contributed by atoms with Gasteiger partial charge in [0, 0.05) is 12.1 Å². The van der Waals surface area contributed by atoms with Crippen LogP contribution < -0.4 is 11.1 Å². The third-order valence-electron chi connectivity index (χ3n) is 6.00. The van der Waals surface area contributed by atoms with Crippen LogP contribution in [0.5, 0.6) is 0 Å². The van der Waals surface area contributed by atoms with Crippen LogP contribution in [0, 0.1) is 17.3 Å². The second kappa shape index (κ2) is 7.82. The molecule has 124 valence electrons. The number of rotatable bonds is 4. The third kappa shape index (κ3) is 4.59. The number of halogens is 1. The van der Waals surface area contributed by atoms with Gasteiger partial charge in [-0.15, -0.1) is 12.4 Å². The molecule has 0 aliphatic heterocycles. The molecule has 1 amide bonds. The minimum Gasteiger partial charge on any atom is -0.353 e. The average Bonchev–Trinajstić information content (AvgIpc) is 2.85. The Balaban J connectivity index is 0.00000220. The summed E-state index contributed by atoms with van der Waals surface area (Å²) in [6, 6.07) is 0.476. The summed E-state index contributed by atoms with van der Waals surface area (Å²) in [5.41, 5.74) is 6.47. The normalized spacial score (nSPS) is 33.3. The van der Waals surface area contributed by atoms with E-state index in [4.69, 9.17) is 5.73 Å². The molecule has 0 saturated heterocycles. The highest BCUT2D eigenvalue weighted by Gasteiger charge is 2.34. The van der Waals surface area contributed by atoms with E-state index in [0.717, 1.165) is 38.0 Å². The predicted octanol–water partition coefficient (Wildman–Crippen LogP) is 3.65. The van der Waals surface area contributed by atoms with Gasteiger partial charge in [-0.05, 0) is 49.9 Å². The van der Waals surface area contributed by atoms with Gasteiger partial charge in [0.05, 0.1) is 5.92 Å². The summed E-state index contributed by atoms with van der Waals surface area (Å²) in [5.74, 6) is 1.10. The first kappa shape index (κ1) is 18.8. The predicted molar refractivity (Wildman–Crippen MR) is 90.5 cm³/mol. The van der Waals surface area contributed by atoms with Gasteiger partial charge in [0.1, 0.15) is 0 Å². The first-order valence-electron chi connectivity index (χ1n) is 8.50. The van der Waals surface area contributed by atoms with Crippen molar-refractivity contribution in [2.24, 2.45) is 23.0 Å². The molecule has 2 atom stereocenters. The van der Waals surface area contributed by atoms with Gasteiger partial charge < -0.3 is 11.1 Å². The molecule has 2 rings (SSSR count). The first-order chi connectivity index (χ1) is 9.44. The maximum absolute atomic E-state index is 12.3. The molecule has 0 radical (unpaired) electrons. The molecule has 2 aliphatic carbocycles. The highest BCUT2D eigenvalue weighted by atomic mass is 35.5. The molecule has 3 N–H and O–H groups in total. The van der Waals surface area contributed by atoms with E-state index in [1.54, 1.807) is 0 Å². The van der Waals surface area contributed by atoms with Crippen LogP contribution in [-0.2, 0) is 4.79 Å². The van der Waals surface area contributed by atoms with Crippen LogP contribution in [0.1, 0.15) is 72.1 Å². The lowest BCUT2D eigenvalue weighted by Crippen LogP contribution is -2.45. The molecule has 2 fully saturated rings. The zero-order valence-electron chi connectivity index (χ0n) is 13.9. The fourth-order valence-electron chi connectivity index (χ4n) is 3.93. The third-order valence-corrected chi connectivity index (χ3v) is 6.00. The number of hydrogen-bond acceptors (Lipinski definition) is 2. The van der Waals surface area contributed by atoms with Gasteiger partial charge in [0.15, 0.2) is 0 Å². The largest absolute Gasteiger partial charge is 0.353 e. The Morgan fingerprint density at radius 3 is 2.24 bits per heavy atom. The Bertz CT molecular complexity index is 338. The number of carbonyl (C=O) groups excluding carboxylic acids is 1. The average molecular weight is 317 g/mol. The van der Waals surface area contributed by atoms with Crippen LogP contribution >= 0.6 is 12.4 Å². The Morgan fingerprint density at radius 2 is 1.76 bits per heavy atom. The number of nitrogens with two attached hydrogens (primary N) is 1. The standard InChI is InChI=1S/C17H32N2O.ClH/c1-4-17(2,3)12-8-10-13(11-9-12)19-16(20)14-6-5-7-15(14)18;/h12-15H,4-11,18H2,1-3H3,(H,19,20);1H. The van der Waals surface area contributed by atoms with Crippen LogP contribution in [0.2, 0.25) is 0 Å². The Morgan fingerprint density at radius 1 is 1.14 bits per heavy atom. The molecule has 0 aromatic heterocycles. The minimum absolute atomic E-state index is 0. The maximum atomic E-state index is 12.3. The van der Waals surface area contributed by atoms with Gasteiger partial charge in [0.25, 0.3) is 0 Å². The summed E-state index contributed by atoms with van der Waals surface area (Å²) in [7, 11) is 0. The molecule has 3 nitrogen and oxygen atoms in total. The molecule has 2 saturated carbocycles. The second-order valence-electron chi connectivity index (χ2n) is 7.60. The van der Waals surface area contributed by atoms with Crippen molar-refractivity contribution in [3.8, 4) is 0 Å². The molecule has 21 heavy (non-hydrogen) atoms. The number of amides is 1. The van der Waals surface area contributed by atoms with Crippen molar-refractivity contribution >= 4 is 18.3 Å². The molecule has 4 heteroatoms. The zero-order chi connectivity index (χ0) is 14.8. The second-order valence-corrected chi connectivity index (χ2v) is 7.60. The van der Waals surface area contributed by atoms with Gasteiger partial charge in [-0.25, -0.2) is 0 Å². The van der Waals surface area contributed by atoms with Crippen molar-refractivity contribution in [3.05, 3.63) is 0 Å². The lowest BCUT2D eigenvalue weighted by Gasteiger charge is -2.39. The lowest BCUT2D eigenvalue weighted by atomic mass is 9.69. The van der Waals surface area contributed by atoms with Gasteiger partial charge in [-0.3, -0.25) is 4.79 Å². The van der Waals surface area contributed by atoms with E-state index in [-0.39, 0.29) is 30.3 Å². The van der Waals surface area contributed by atoms with Gasteiger partial charge in [-0.2, -0.15) is 0 Å². The SMILES string of the molecule is CCC(C)(C)C1CCC(NC(=O)C2CCCC2N)CC1.Cl.